The van der Waals surface area contributed by atoms with Gasteiger partial charge >= 0.3 is 0 Å². The van der Waals surface area contributed by atoms with Gasteiger partial charge in [-0.05, 0) is 24.3 Å². The summed E-state index contributed by atoms with van der Waals surface area (Å²) in [5.74, 6) is -1.38. The van der Waals surface area contributed by atoms with Crippen LogP contribution in [-0.4, -0.2) is 8.42 Å². The van der Waals surface area contributed by atoms with E-state index in [1.54, 1.807) is 12.1 Å². The van der Waals surface area contributed by atoms with Gasteiger partial charge in [0.1, 0.15) is 11.9 Å². The minimum atomic E-state index is -3.82. The summed E-state index contributed by atoms with van der Waals surface area (Å²) in [5.41, 5.74) is 5.52. The predicted octanol–water partition coefficient (Wildman–Crippen LogP) is 3.02. The molecule has 0 atom stereocenters. The first-order chi connectivity index (χ1) is 9.85. The molecule has 0 fully saturated rings. The Morgan fingerprint density at radius 3 is 2.67 bits per heavy atom. The molecule has 0 aromatic heterocycles. The maximum absolute atomic E-state index is 14.0. The molecule has 0 spiro atoms. The normalized spacial score (nSPS) is 11.1. The number of nitrogen functional groups attached to an aromatic ring is 1. The molecule has 0 amide bonds. The molecule has 2 aromatic carbocycles. The Kier molecular flexibility index (Phi) is 4.30. The maximum atomic E-state index is 14.0. The van der Waals surface area contributed by atoms with Crippen LogP contribution in [0.3, 0.4) is 0 Å². The number of hydrogen-bond acceptors (Lipinski definition) is 4. The van der Waals surface area contributed by atoms with Crippen LogP contribution in [0.25, 0.3) is 0 Å². The van der Waals surface area contributed by atoms with E-state index >= 15 is 0 Å². The van der Waals surface area contributed by atoms with Crippen molar-refractivity contribution in [3.05, 3.63) is 57.8 Å². The van der Waals surface area contributed by atoms with Crippen molar-refractivity contribution in [1.29, 1.82) is 5.26 Å². The first-order valence-corrected chi connectivity index (χ1v) is 8.25. The van der Waals surface area contributed by atoms with Crippen LogP contribution in [0.15, 0.2) is 45.8 Å². The average Bonchev–Trinajstić information content (AvgIpc) is 2.43. The summed E-state index contributed by atoms with van der Waals surface area (Å²) in [6, 6.07) is 10.2. The van der Waals surface area contributed by atoms with Gasteiger partial charge in [-0.2, -0.15) is 5.26 Å². The Balaban J connectivity index is 2.48. The van der Waals surface area contributed by atoms with Crippen molar-refractivity contribution in [3.8, 4) is 6.07 Å². The molecule has 108 valence electrons. The predicted molar refractivity (Wildman–Crippen MR) is 80.6 cm³/mol. The molecule has 0 radical (unpaired) electrons. The summed E-state index contributed by atoms with van der Waals surface area (Å²) in [6.45, 7) is 0. The van der Waals surface area contributed by atoms with E-state index in [-0.39, 0.29) is 21.7 Å². The molecular weight excluding hydrogens is 359 g/mol. The zero-order valence-corrected chi connectivity index (χ0v) is 13.1. The second-order valence-electron chi connectivity index (χ2n) is 4.33. The Hall–Kier alpha value is -1.91. The monoisotopic (exact) mass is 368 g/mol. The quantitative estimate of drug-likeness (QED) is 0.843. The lowest BCUT2D eigenvalue weighted by molar-refractivity contribution is 0.586. The van der Waals surface area contributed by atoms with Crippen molar-refractivity contribution in [3.63, 3.8) is 0 Å². The maximum Gasteiger partial charge on any atom is 0.184 e. The van der Waals surface area contributed by atoms with Crippen LogP contribution >= 0.6 is 15.9 Å². The molecule has 7 heteroatoms. The number of sulfone groups is 1. The fourth-order valence-corrected chi connectivity index (χ4v) is 3.87. The van der Waals surface area contributed by atoms with Gasteiger partial charge in [0.2, 0.25) is 0 Å². The molecule has 2 N–H and O–H groups in total. The first-order valence-electron chi connectivity index (χ1n) is 5.80. The molecular formula is C14H10BrFN2O2S. The number of rotatable bonds is 3. The molecule has 0 aliphatic rings. The van der Waals surface area contributed by atoms with Gasteiger partial charge in [0.05, 0.1) is 21.9 Å². The summed E-state index contributed by atoms with van der Waals surface area (Å²) in [5, 5.41) is 8.77. The lowest BCUT2D eigenvalue weighted by atomic mass is 10.1. The van der Waals surface area contributed by atoms with Crippen LogP contribution in [0, 0.1) is 17.1 Å². The van der Waals surface area contributed by atoms with E-state index in [4.69, 9.17) is 11.0 Å². The molecule has 0 bridgehead atoms. The number of halogens is 2. The van der Waals surface area contributed by atoms with Gasteiger partial charge in [0, 0.05) is 10.0 Å². The topological polar surface area (TPSA) is 84.0 Å². The van der Waals surface area contributed by atoms with Crippen molar-refractivity contribution >= 4 is 31.5 Å². The average molecular weight is 369 g/mol. The minimum Gasteiger partial charge on any atom is -0.398 e. The Morgan fingerprint density at radius 1 is 1.29 bits per heavy atom. The summed E-state index contributed by atoms with van der Waals surface area (Å²) >= 11 is 3.17. The zero-order chi connectivity index (χ0) is 15.6. The molecule has 2 aromatic rings. The molecule has 4 nitrogen and oxygen atoms in total. The molecule has 0 saturated carbocycles. The van der Waals surface area contributed by atoms with Crippen LogP contribution in [-0.2, 0) is 15.6 Å². The smallest absolute Gasteiger partial charge is 0.184 e. The summed E-state index contributed by atoms with van der Waals surface area (Å²) < 4.78 is 39.3. The number of anilines is 1. The number of nitriles is 1. The molecule has 0 heterocycles. The van der Waals surface area contributed by atoms with Crippen molar-refractivity contribution in [1.82, 2.24) is 0 Å². The first kappa shape index (κ1) is 15.5. The third kappa shape index (κ3) is 3.23. The van der Waals surface area contributed by atoms with Gasteiger partial charge in [0.25, 0.3) is 0 Å². The third-order valence-corrected chi connectivity index (χ3v) is 5.06. The largest absolute Gasteiger partial charge is 0.398 e. The Bertz CT molecular complexity index is 845. The van der Waals surface area contributed by atoms with Crippen molar-refractivity contribution < 1.29 is 12.8 Å². The van der Waals surface area contributed by atoms with Crippen LogP contribution in [0.4, 0.5) is 10.1 Å². The molecule has 21 heavy (non-hydrogen) atoms. The number of nitrogens with zero attached hydrogens (tertiary/aromatic N) is 1. The van der Waals surface area contributed by atoms with Crippen molar-refractivity contribution in [2.24, 2.45) is 0 Å². The van der Waals surface area contributed by atoms with Crippen LogP contribution < -0.4 is 5.73 Å². The fraction of sp³-hybridized carbons (Fsp3) is 0.0714. The van der Waals surface area contributed by atoms with Gasteiger partial charge < -0.3 is 5.73 Å². The molecule has 0 aliphatic carbocycles. The molecule has 0 aliphatic heterocycles. The highest BCUT2D eigenvalue weighted by Gasteiger charge is 2.21. The van der Waals surface area contributed by atoms with Crippen LogP contribution in [0.1, 0.15) is 11.1 Å². The highest BCUT2D eigenvalue weighted by Crippen LogP contribution is 2.27. The fourth-order valence-electron chi connectivity index (χ4n) is 1.84. The van der Waals surface area contributed by atoms with E-state index in [1.165, 1.54) is 30.3 Å². The van der Waals surface area contributed by atoms with E-state index in [2.05, 4.69) is 15.9 Å². The molecule has 2 rings (SSSR count). The SMILES string of the molecule is N#Cc1cccc(CS(=O)(=O)c2cc(Br)ccc2N)c1F. The van der Waals surface area contributed by atoms with Gasteiger partial charge in [0.15, 0.2) is 9.84 Å². The van der Waals surface area contributed by atoms with Crippen LogP contribution in [0.5, 0.6) is 0 Å². The lowest BCUT2D eigenvalue weighted by Crippen LogP contribution is -2.09. The number of benzene rings is 2. The summed E-state index contributed by atoms with van der Waals surface area (Å²) in [4.78, 5) is -0.0707. The highest BCUT2D eigenvalue weighted by molar-refractivity contribution is 9.10. The zero-order valence-electron chi connectivity index (χ0n) is 10.7. The Labute approximate surface area is 130 Å². The van der Waals surface area contributed by atoms with Crippen molar-refractivity contribution in [2.75, 3.05) is 5.73 Å². The second kappa shape index (κ2) is 5.84. The van der Waals surface area contributed by atoms with Gasteiger partial charge in [-0.3, -0.25) is 0 Å². The van der Waals surface area contributed by atoms with Gasteiger partial charge in [-0.15, -0.1) is 0 Å². The summed E-state index contributed by atoms with van der Waals surface area (Å²) in [6.07, 6.45) is 0. The molecule has 0 unspecified atom stereocenters. The number of nitrogens with two attached hydrogens (primary N) is 1. The molecule has 0 saturated heterocycles. The van der Waals surface area contributed by atoms with E-state index in [0.29, 0.717) is 4.47 Å². The van der Waals surface area contributed by atoms with Crippen molar-refractivity contribution in [2.45, 2.75) is 10.6 Å². The lowest BCUT2D eigenvalue weighted by Gasteiger charge is -2.09. The minimum absolute atomic E-state index is 0.0616. The Morgan fingerprint density at radius 2 is 2.00 bits per heavy atom. The van der Waals surface area contributed by atoms with E-state index in [9.17, 15) is 12.8 Å². The van der Waals surface area contributed by atoms with E-state index < -0.39 is 21.4 Å². The van der Waals surface area contributed by atoms with Crippen LogP contribution in [0.2, 0.25) is 0 Å². The van der Waals surface area contributed by atoms with Gasteiger partial charge in [-0.25, -0.2) is 12.8 Å². The van der Waals surface area contributed by atoms with E-state index in [1.807, 2.05) is 0 Å². The standard InChI is InChI=1S/C14H10BrFN2O2S/c15-11-4-5-12(18)13(6-11)21(19,20)8-10-3-1-2-9(7-17)14(10)16/h1-6H,8,18H2. The van der Waals surface area contributed by atoms with Gasteiger partial charge in [-0.1, -0.05) is 28.1 Å². The number of hydrogen-bond donors (Lipinski definition) is 1. The van der Waals surface area contributed by atoms with E-state index in [0.717, 1.165) is 0 Å². The summed E-state index contributed by atoms with van der Waals surface area (Å²) in [7, 11) is -3.82. The third-order valence-electron chi connectivity index (χ3n) is 2.86. The second-order valence-corrected chi connectivity index (χ2v) is 7.21. The highest BCUT2D eigenvalue weighted by atomic mass is 79.9.